The number of fused-ring (bicyclic) bond motifs is 1. The van der Waals surface area contributed by atoms with Crippen molar-refractivity contribution in [2.24, 2.45) is 11.3 Å². The van der Waals surface area contributed by atoms with Gasteiger partial charge in [-0.15, -0.1) is 11.3 Å². The number of hydrogen-bond acceptors (Lipinski definition) is 6. The Morgan fingerprint density at radius 1 is 1.16 bits per heavy atom. The fraction of sp³-hybridized carbons (Fsp3) is 0.440. The van der Waals surface area contributed by atoms with E-state index in [0.29, 0.717) is 11.0 Å². The highest BCUT2D eigenvalue weighted by Crippen LogP contribution is 2.31. The third kappa shape index (κ3) is 7.63. The van der Waals surface area contributed by atoms with Crippen LogP contribution in [-0.4, -0.2) is 36.3 Å². The highest BCUT2D eigenvalue weighted by atomic mass is 32.2. The predicted molar refractivity (Wildman–Crippen MR) is 135 cm³/mol. The summed E-state index contributed by atoms with van der Waals surface area (Å²) in [6.45, 7) is 9.67. The fourth-order valence-corrected chi connectivity index (χ4v) is 5.36. The number of aromatic nitrogens is 1. The van der Waals surface area contributed by atoms with Crippen molar-refractivity contribution < 1.29 is 4.79 Å². The van der Waals surface area contributed by atoms with Gasteiger partial charge in [0.1, 0.15) is 6.29 Å². The number of benzene rings is 2. The molecule has 2 heterocycles. The maximum Gasteiger partial charge on any atom is 0.150 e. The molecule has 4 rings (SSSR count). The number of thiazole rings is 1. The normalized spacial score (nSPS) is 15.4. The number of hydrogen-bond donors (Lipinski definition) is 1. The van der Waals surface area contributed by atoms with E-state index in [1.807, 2.05) is 29.8 Å². The Bertz CT molecular complexity index is 955. The van der Waals surface area contributed by atoms with E-state index in [1.165, 1.54) is 49.0 Å². The SMILES string of the molecule is CN1CCC(CC(C)(C)C)CC1.O=Cc1ccc(NSc2cccc3scnc23)cc1. The number of piperidine rings is 1. The van der Waals surface area contributed by atoms with Crippen molar-refractivity contribution in [3.8, 4) is 0 Å². The van der Waals surface area contributed by atoms with E-state index in [4.69, 9.17) is 0 Å². The minimum absolute atomic E-state index is 0.528. The first kappa shape index (κ1) is 23.8. The summed E-state index contributed by atoms with van der Waals surface area (Å²) in [7, 11) is 2.23. The Hall–Kier alpha value is -1.89. The second-order valence-electron chi connectivity index (χ2n) is 9.41. The van der Waals surface area contributed by atoms with E-state index >= 15 is 0 Å². The summed E-state index contributed by atoms with van der Waals surface area (Å²) in [5, 5.41) is 0. The van der Waals surface area contributed by atoms with Crippen LogP contribution in [0, 0.1) is 11.3 Å². The topological polar surface area (TPSA) is 45.2 Å². The van der Waals surface area contributed by atoms with Gasteiger partial charge in [0, 0.05) is 11.3 Å². The van der Waals surface area contributed by atoms with Crippen molar-refractivity contribution in [3.63, 3.8) is 0 Å². The van der Waals surface area contributed by atoms with Crippen molar-refractivity contribution in [2.45, 2.75) is 44.9 Å². The molecule has 4 nitrogen and oxygen atoms in total. The van der Waals surface area contributed by atoms with Crippen LogP contribution in [0.1, 0.15) is 50.4 Å². The number of likely N-dealkylation sites (tertiary alicyclic amines) is 1. The molecule has 0 saturated carbocycles. The standard InChI is InChI=1S/C14H10N2OS2.C11H23N/c17-8-10-4-6-11(7-5-10)16-19-13-3-1-2-12-14(13)15-9-18-12;1-11(2,3)9-10-5-7-12(4)8-6-10/h1-9,16H;10H,5-9H2,1-4H3. The second kappa shape index (κ2) is 11.1. The van der Waals surface area contributed by atoms with Crippen molar-refractivity contribution in [1.29, 1.82) is 0 Å². The quantitative estimate of drug-likeness (QED) is 0.332. The van der Waals surface area contributed by atoms with Gasteiger partial charge in [-0.1, -0.05) is 26.8 Å². The van der Waals surface area contributed by atoms with Crippen LogP contribution in [0.15, 0.2) is 52.9 Å². The van der Waals surface area contributed by atoms with Crippen LogP contribution in [0.4, 0.5) is 5.69 Å². The third-order valence-electron chi connectivity index (χ3n) is 5.39. The monoisotopic (exact) mass is 455 g/mol. The van der Waals surface area contributed by atoms with Crippen LogP contribution >= 0.6 is 23.3 Å². The molecule has 0 aliphatic carbocycles. The summed E-state index contributed by atoms with van der Waals surface area (Å²) in [5.74, 6) is 0.987. The Morgan fingerprint density at radius 2 is 1.87 bits per heavy atom. The minimum atomic E-state index is 0.528. The van der Waals surface area contributed by atoms with E-state index in [9.17, 15) is 4.79 Å². The van der Waals surface area contributed by atoms with Gasteiger partial charge < -0.3 is 9.62 Å². The van der Waals surface area contributed by atoms with Gasteiger partial charge >= 0.3 is 0 Å². The molecule has 0 radical (unpaired) electrons. The van der Waals surface area contributed by atoms with Gasteiger partial charge in [-0.05, 0) is 99.1 Å². The Labute approximate surface area is 194 Å². The summed E-state index contributed by atoms with van der Waals surface area (Å²) in [6.07, 6.45) is 5.06. The molecule has 1 N–H and O–H groups in total. The number of rotatable bonds is 5. The number of anilines is 1. The lowest BCUT2D eigenvalue weighted by Crippen LogP contribution is -2.31. The maximum atomic E-state index is 10.6. The van der Waals surface area contributed by atoms with Crippen LogP contribution in [0.3, 0.4) is 0 Å². The zero-order valence-corrected chi connectivity index (χ0v) is 20.6. The van der Waals surface area contributed by atoms with Gasteiger partial charge in [-0.25, -0.2) is 4.98 Å². The van der Waals surface area contributed by atoms with Gasteiger partial charge in [0.2, 0.25) is 0 Å². The highest BCUT2D eigenvalue weighted by molar-refractivity contribution is 8.00. The van der Waals surface area contributed by atoms with Gasteiger partial charge in [-0.3, -0.25) is 4.79 Å². The zero-order chi connectivity index (χ0) is 22.3. The average molecular weight is 456 g/mol. The van der Waals surface area contributed by atoms with Crippen LogP contribution < -0.4 is 4.72 Å². The molecular formula is C25H33N3OS2. The van der Waals surface area contributed by atoms with Gasteiger partial charge in [0.15, 0.2) is 0 Å². The first-order valence-corrected chi connectivity index (χ1v) is 12.5. The van der Waals surface area contributed by atoms with E-state index in [2.05, 4.69) is 48.5 Å². The molecule has 2 aromatic carbocycles. The number of nitrogens with one attached hydrogen (secondary N) is 1. The average Bonchev–Trinajstić information content (AvgIpc) is 3.23. The molecule has 0 spiro atoms. The molecule has 0 bridgehead atoms. The molecule has 1 saturated heterocycles. The number of para-hydroxylation sites is 1. The summed E-state index contributed by atoms with van der Waals surface area (Å²) < 4.78 is 4.44. The van der Waals surface area contributed by atoms with Crippen LogP contribution in [0.5, 0.6) is 0 Å². The van der Waals surface area contributed by atoms with E-state index in [1.54, 1.807) is 23.5 Å². The molecule has 1 fully saturated rings. The van der Waals surface area contributed by atoms with Crippen LogP contribution in [-0.2, 0) is 0 Å². The number of nitrogens with zero attached hydrogens (tertiary/aromatic N) is 2. The summed E-state index contributed by atoms with van der Waals surface area (Å²) in [4.78, 5) is 18.5. The third-order valence-corrected chi connectivity index (χ3v) is 7.07. The smallest absolute Gasteiger partial charge is 0.150 e. The number of carbonyl (C=O) groups is 1. The zero-order valence-electron chi connectivity index (χ0n) is 18.9. The maximum absolute atomic E-state index is 10.6. The van der Waals surface area contributed by atoms with Gasteiger partial charge in [0.05, 0.1) is 20.6 Å². The molecular weight excluding hydrogens is 422 g/mol. The Balaban J connectivity index is 0.000000196. The highest BCUT2D eigenvalue weighted by Gasteiger charge is 2.22. The lowest BCUT2D eigenvalue weighted by molar-refractivity contribution is 0.112. The molecule has 0 atom stereocenters. The Morgan fingerprint density at radius 3 is 2.52 bits per heavy atom. The number of aldehydes is 1. The largest absolute Gasteiger partial charge is 0.326 e. The minimum Gasteiger partial charge on any atom is -0.326 e. The fourth-order valence-electron chi connectivity index (χ4n) is 3.82. The van der Waals surface area contributed by atoms with Crippen LogP contribution in [0.2, 0.25) is 0 Å². The molecule has 166 valence electrons. The van der Waals surface area contributed by atoms with Gasteiger partial charge in [-0.2, -0.15) is 0 Å². The van der Waals surface area contributed by atoms with Crippen molar-refractivity contribution in [2.75, 3.05) is 24.9 Å². The molecule has 3 aromatic rings. The van der Waals surface area contributed by atoms with E-state index in [0.717, 1.165) is 28.3 Å². The first-order chi connectivity index (χ1) is 14.8. The number of carbonyl (C=O) groups excluding carboxylic acids is 1. The van der Waals surface area contributed by atoms with Crippen molar-refractivity contribution in [3.05, 3.63) is 53.5 Å². The molecule has 31 heavy (non-hydrogen) atoms. The first-order valence-electron chi connectivity index (χ1n) is 10.8. The Kier molecular flexibility index (Phi) is 8.52. The van der Waals surface area contributed by atoms with Crippen molar-refractivity contribution >= 4 is 45.5 Å². The van der Waals surface area contributed by atoms with Gasteiger partial charge in [0.25, 0.3) is 0 Å². The molecule has 1 aliphatic rings. The lowest BCUT2D eigenvalue weighted by atomic mass is 9.80. The van der Waals surface area contributed by atoms with E-state index < -0.39 is 0 Å². The molecule has 1 aromatic heterocycles. The summed E-state index contributed by atoms with van der Waals surface area (Å²) >= 11 is 3.16. The molecule has 0 amide bonds. The summed E-state index contributed by atoms with van der Waals surface area (Å²) in [5.41, 5.74) is 5.04. The molecule has 1 aliphatic heterocycles. The predicted octanol–water partition coefficient (Wildman–Crippen LogP) is 6.99. The van der Waals surface area contributed by atoms with Crippen molar-refractivity contribution in [1.82, 2.24) is 9.88 Å². The van der Waals surface area contributed by atoms with E-state index in [-0.39, 0.29) is 0 Å². The molecule has 0 unspecified atom stereocenters. The molecule has 6 heteroatoms. The summed E-state index contributed by atoms with van der Waals surface area (Å²) in [6, 6.07) is 13.5. The van der Waals surface area contributed by atoms with Crippen LogP contribution in [0.25, 0.3) is 10.2 Å². The second-order valence-corrected chi connectivity index (χ2v) is 11.1. The lowest BCUT2D eigenvalue weighted by Gasteiger charge is -2.32.